The van der Waals surface area contributed by atoms with Gasteiger partial charge in [0.1, 0.15) is 5.82 Å². The molecule has 0 saturated carbocycles. The number of aryl methyl sites for hydroxylation is 1. The van der Waals surface area contributed by atoms with Gasteiger partial charge in [0.25, 0.3) is 0 Å². The lowest BCUT2D eigenvalue weighted by atomic mass is 10.1. The number of nitrogens with zero attached hydrogens (tertiary/aromatic N) is 1. The normalized spacial score (nSPS) is 15.8. The Bertz CT molecular complexity index is 934. The number of anilines is 2. The lowest BCUT2D eigenvalue weighted by Gasteiger charge is -2.18. The summed E-state index contributed by atoms with van der Waals surface area (Å²) in [5, 5.41) is 2.99. The summed E-state index contributed by atoms with van der Waals surface area (Å²) in [6.45, 7) is 0.407. The third-order valence-electron chi connectivity index (χ3n) is 4.19. The monoisotopic (exact) mass is 396 g/mol. The lowest BCUT2D eigenvalue weighted by molar-refractivity contribution is -0.116. The van der Waals surface area contributed by atoms with Crippen LogP contribution in [-0.4, -0.2) is 26.6 Å². The van der Waals surface area contributed by atoms with Crippen LogP contribution in [0.15, 0.2) is 42.5 Å². The minimum absolute atomic E-state index is 0.0868. The molecule has 0 aliphatic carbocycles. The molecular formula is C18H18ClFN2O3S. The Morgan fingerprint density at radius 2 is 2.00 bits per heavy atom. The summed E-state index contributed by atoms with van der Waals surface area (Å²) >= 11 is 6.12. The van der Waals surface area contributed by atoms with Crippen LogP contribution in [0.3, 0.4) is 0 Å². The Hall–Kier alpha value is -2.12. The van der Waals surface area contributed by atoms with Gasteiger partial charge in [-0.2, -0.15) is 0 Å². The summed E-state index contributed by atoms with van der Waals surface area (Å²) in [5.41, 5.74) is 1.27. The van der Waals surface area contributed by atoms with Crippen LogP contribution in [0.5, 0.6) is 0 Å². The number of halogens is 2. The molecule has 3 rings (SSSR count). The van der Waals surface area contributed by atoms with Crippen molar-refractivity contribution in [3.05, 3.63) is 58.9 Å². The van der Waals surface area contributed by atoms with Gasteiger partial charge in [-0.05, 0) is 42.7 Å². The second kappa shape index (κ2) is 7.63. The third-order valence-corrected chi connectivity index (χ3v) is 6.39. The summed E-state index contributed by atoms with van der Waals surface area (Å²) in [6.07, 6.45) is 0.912. The first-order valence-corrected chi connectivity index (χ1v) is 10.2. The maximum absolute atomic E-state index is 13.6. The van der Waals surface area contributed by atoms with E-state index in [0.29, 0.717) is 34.9 Å². The van der Waals surface area contributed by atoms with E-state index in [9.17, 15) is 17.6 Å². The Morgan fingerprint density at radius 3 is 2.69 bits per heavy atom. The molecule has 1 heterocycles. The molecule has 138 valence electrons. The van der Waals surface area contributed by atoms with E-state index in [2.05, 4.69) is 5.32 Å². The van der Waals surface area contributed by atoms with Crippen LogP contribution in [-0.2, 0) is 21.2 Å². The molecule has 1 aliphatic heterocycles. The van der Waals surface area contributed by atoms with Crippen molar-refractivity contribution in [1.82, 2.24) is 0 Å². The molecule has 1 N–H and O–H groups in total. The molecule has 1 aliphatic rings. The van der Waals surface area contributed by atoms with E-state index < -0.39 is 10.0 Å². The molecule has 0 spiro atoms. The molecule has 8 heteroatoms. The van der Waals surface area contributed by atoms with Crippen LogP contribution in [0.1, 0.15) is 18.4 Å². The molecule has 0 unspecified atom stereocenters. The first-order chi connectivity index (χ1) is 12.4. The van der Waals surface area contributed by atoms with Gasteiger partial charge in [-0.1, -0.05) is 29.8 Å². The molecule has 26 heavy (non-hydrogen) atoms. The molecule has 5 nitrogen and oxygen atoms in total. The summed E-state index contributed by atoms with van der Waals surface area (Å²) in [6, 6.07) is 11.0. The van der Waals surface area contributed by atoms with Crippen LogP contribution in [0.2, 0.25) is 5.02 Å². The predicted molar refractivity (Wildman–Crippen MR) is 101 cm³/mol. The van der Waals surface area contributed by atoms with E-state index in [0.717, 1.165) is 0 Å². The highest BCUT2D eigenvalue weighted by Crippen LogP contribution is 2.31. The molecule has 1 saturated heterocycles. The molecular weight excluding hydrogens is 379 g/mol. The van der Waals surface area contributed by atoms with Gasteiger partial charge in [-0.3, -0.25) is 9.10 Å². The van der Waals surface area contributed by atoms with Gasteiger partial charge in [0, 0.05) is 13.0 Å². The average Bonchev–Trinajstić information content (AvgIpc) is 2.95. The van der Waals surface area contributed by atoms with E-state index in [1.54, 1.807) is 36.4 Å². The quantitative estimate of drug-likeness (QED) is 0.839. The highest BCUT2D eigenvalue weighted by Gasteiger charge is 2.28. The third kappa shape index (κ3) is 4.16. The molecule has 0 aromatic heterocycles. The van der Waals surface area contributed by atoms with Gasteiger partial charge in [-0.25, -0.2) is 12.8 Å². The van der Waals surface area contributed by atoms with Gasteiger partial charge in [0.2, 0.25) is 15.9 Å². The van der Waals surface area contributed by atoms with Crippen molar-refractivity contribution in [3.8, 4) is 0 Å². The van der Waals surface area contributed by atoms with Gasteiger partial charge in [0.15, 0.2) is 0 Å². The molecule has 0 atom stereocenters. The van der Waals surface area contributed by atoms with E-state index >= 15 is 0 Å². The van der Waals surface area contributed by atoms with Crippen LogP contribution in [0, 0.1) is 5.82 Å². The van der Waals surface area contributed by atoms with Crippen LogP contribution >= 0.6 is 11.6 Å². The fourth-order valence-corrected chi connectivity index (χ4v) is 4.58. The maximum atomic E-state index is 13.6. The number of rotatable bonds is 5. The number of carbonyl (C=O) groups excluding carboxylic acids is 1. The highest BCUT2D eigenvalue weighted by molar-refractivity contribution is 7.93. The average molecular weight is 397 g/mol. The first kappa shape index (κ1) is 18.7. The van der Waals surface area contributed by atoms with Gasteiger partial charge in [0.05, 0.1) is 22.2 Å². The number of amides is 1. The van der Waals surface area contributed by atoms with Crippen LogP contribution in [0.4, 0.5) is 15.8 Å². The number of hydrogen-bond acceptors (Lipinski definition) is 3. The van der Waals surface area contributed by atoms with Gasteiger partial charge < -0.3 is 5.32 Å². The van der Waals surface area contributed by atoms with Crippen molar-refractivity contribution < 1.29 is 17.6 Å². The standard InChI is InChI=1S/C18H18ClFN2O3S/c19-15-8-7-14(22-10-3-11-26(22,24)25)12-17(15)21-18(23)9-6-13-4-1-2-5-16(13)20/h1-2,4-5,7-8,12H,3,6,9-11H2,(H,21,23). The minimum atomic E-state index is -3.31. The molecule has 0 radical (unpaired) electrons. The second-order valence-electron chi connectivity index (χ2n) is 6.05. The lowest BCUT2D eigenvalue weighted by Crippen LogP contribution is -2.25. The summed E-state index contributed by atoms with van der Waals surface area (Å²) in [5.74, 6) is -0.559. The van der Waals surface area contributed by atoms with Crippen LogP contribution in [0.25, 0.3) is 0 Å². The SMILES string of the molecule is O=C(CCc1ccccc1F)Nc1cc(N2CCCS2(=O)=O)ccc1Cl. The van der Waals surface area contributed by atoms with E-state index in [4.69, 9.17) is 11.6 Å². The van der Waals surface area contributed by atoms with Crippen molar-refractivity contribution in [2.75, 3.05) is 21.9 Å². The van der Waals surface area contributed by atoms with E-state index in [-0.39, 0.29) is 30.3 Å². The zero-order chi connectivity index (χ0) is 18.7. The minimum Gasteiger partial charge on any atom is -0.325 e. The molecule has 2 aromatic rings. The Balaban J connectivity index is 1.70. The zero-order valence-electron chi connectivity index (χ0n) is 13.9. The highest BCUT2D eigenvalue weighted by atomic mass is 35.5. The molecule has 2 aromatic carbocycles. The number of nitrogens with one attached hydrogen (secondary N) is 1. The van der Waals surface area contributed by atoms with Crippen LogP contribution < -0.4 is 9.62 Å². The smallest absolute Gasteiger partial charge is 0.235 e. The Morgan fingerprint density at radius 1 is 1.23 bits per heavy atom. The summed E-state index contributed by atoms with van der Waals surface area (Å²) in [4.78, 5) is 12.2. The number of hydrogen-bond donors (Lipinski definition) is 1. The van der Waals surface area contributed by atoms with Gasteiger partial charge in [-0.15, -0.1) is 0 Å². The Labute approximate surface area is 156 Å². The van der Waals surface area contributed by atoms with Crippen molar-refractivity contribution in [3.63, 3.8) is 0 Å². The number of sulfonamides is 1. The van der Waals surface area contributed by atoms with Crippen molar-refractivity contribution in [1.29, 1.82) is 0 Å². The second-order valence-corrected chi connectivity index (χ2v) is 8.47. The fraction of sp³-hybridized carbons (Fsp3) is 0.278. The van der Waals surface area contributed by atoms with Crippen molar-refractivity contribution in [2.24, 2.45) is 0 Å². The summed E-state index contributed by atoms with van der Waals surface area (Å²) < 4.78 is 39.0. The first-order valence-electron chi connectivity index (χ1n) is 8.20. The zero-order valence-corrected chi connectivity index (χ0v) is 15.5. The Kier molecular flexibility index (Phi) is 5.48. The maximum Gasteiger partial charge on any atom is 0.235 e. The number of carbonyl (C=O) groups is 1. The molecule has 1 fully saturated rings. The summed E-state index contributed by atoms with van der Waals surface area (Å²) in [7, 11) is -3.31. The predicted octanol–water partition coefficient (Wildman–Crippen LogP) is 3.59. The topological polar surface area (TPSA) is 66.5 Å². The van der Waals surface area contributed by atoms with Crippen molar-refractivity contribution >= 4 is 38.9 Å². The van der Waals surface area contributed by atoms with Crippen molar-refractivity contribution in [2.45, 2.75) is 19.3 Å². The van der Waals surface area contributed by atoms with E-state index in [1.807, 2.05) is 0 Å². The molecule has 1 amide bonds. The molecule has 0 bridgehead atoms. The number of benzene rings is 2. The largest absolute Gasteiger partial charge is 0.325 e. The van der Waals surface area contributed by atoms with E-state index in [1.165, 1.54) is 10.4 Å². The fourth-order valence-electron chi connectivity index (χ4n) is 2.86. The van der Waals surface area contributed by atoms with Gasteiger partial charge >= 0.3 is 0 Å².